The summed E-state index contributed by atoms with van der Waals surface area (Å²) in [5, 5.41) is 5.31. The molecule has 0 atom stereocenters. The molecule has 6 heavy (non-hydrogen) atoms. The van der Waals surface area contributed by atoms with E-state index in [0.717, 1.165) is 0 Å². The van der Waals surface area contributed by atoms with Crippen LogP contribution in [-0.2, 0) is 0 Å². The van der Waals surface area contributed by atoms with Crippen molar-refractivity contribution in [2.45, 2.75) is 0 Å². The Hall–Kier alpha value is 1.20. The molecule has 0 spiro atoms. The van der Waals surface area contributed by atoms with Gasteiger partial charge in [0.2, 0.25) is 0 Å². The van der Waals surface area contributed by atoms with E-state index in [4.69, 9.17) is 0 Å². The van der Waals surface area contributed by atoms with Gasteiger partial charge < -0.3 is 0 Å². The molecule has 2 nitrogen and oxygen atoms in total. The molecular weight excluding hydrogens is 123 g/mol. The van der Waals surface area contributed by atoms with Crippen molar-refractivity contribution in [1.82, 2.24) is 9.59 Å². The molecule has 0 aliphatic rings. The van der Waals surface area contributed by atoms with Crippen molar-refractivity contribution in [1.29, 1.82) is 0 Å². The SMILES string of the molecule is [K].c1csnn1. The molecule has 1 aromatic heterocycles. The van der Waals surface area contributed by atoms with Crippen molar-refractivity contribution in [3.8, 4) is 0 Å². The molecule has 27 valence electrons. The summed E-state index contributed by atoms with van der Waals surface area (Å²) in [5.74, 6) is 0. The first-order valence-electron chi connectivity index (χ1n) is 1.21. The third kappa shape index (κ3) is 2.38. The van der Waals surface area contributed by atoms with Gasteiger partial charge in [-0.2, -0.15) is 0 Å². The molecule has 0 amide bonds. The first-order valence-corrected chi connectivity index (χ1v) is 2.05. The molecule has 0 aliphatic carbocycles. The molecule has 1 heterocycles. The number of aromatic nitrogens is 2. The summed E-state index contributed by atoms with van der Waals surface area (Å²) in [4.78, 5) is 0. The average Bonchev–Trinajstić information content (AvgIpc) is 1.76. The van der Waals surface area contributed by atoms with Crippen molar-refractivity contribution in [2.75, 3.05) is 0 Å². The van der Waals surface area contributed by atoms with Gasteiger partial charge in [-0.15, -0.1) is 5.10 Å². The van der Waals surface area contributed by atoms with Gasteiger partial charge in [0, 0.05) is 56.8 Å². The smallest absolute Gasteiger partial charge is 0.0620 e. The second-order valence-corrected chi connectivity index (χ2v) is 1.23. The molecule has 0 aliphatic heterocycles. The van der Waals surface area contributed by atoms with Gasteiger partial charge in [-0.25, -0.2) is 0 Å². The Morgan fingerprint density at radius 1 is 1.50 bits per heavy atom. The van der Waals surface area contributed by atoms with Crippen LogP contribution in [0.15, 0.2) is 11.6 Å². The van der Waals surface area contributed by atoms with E-state index in [1.165, 1.54) is 11.5 Å². The molecule has 4 heteroatoms. The zero-order chi connectivity index (χ0) is 3.54. The molecule has 0 bridgehead atoms. The van der Waals surface area contributed by atoms with Crippen molar-refractivity contribution < 1.29 is 0 Å². The monoisotopic (exact) mass is 125 g/mol. The van der Waals surface area contributed by atoms with Gasteiger partial charge in [-0.05, 0) is 11.5 Å². The zero-order valence-electron chi connectivity index (χ0n) is 3.46. The average molecular weight is 125 g/mol. The van der Waals surface area contributed by atoms with E-state index in [0.29, 0.717) is 0 Å². The molecule has 0 saturated heterocycles. The fourth-order valence-corrected chi connectivity index (χ4v) is 0.408. The third-order valence-corrected chi connectivity index (χ3v) is 0.715. The molecule has 0 unspecified atom stereocenters. The summed E-state index contributed by atoms with van der Waals surface area (Å²) >= 11 is 1.35. The summed E-state index contributed by atoms with van der Waals surface area (Å²) < 4.78 is 3.51. The Morgan fingerprint density at radius 2 is 2.33 bits per heavy atom. The van der Waals surface area contributed by atoms with E-state index in [2.05, 4.69) is 9.59 Å². The minimum Gasteiger partial charge on any atom is -0.147 e. The maximum absolute atomic E-state index is 3.51. The van der Waals surface area contributed by atoms with Crippen LogP contribution >= 0.6 is 11.5 Å². The van der Waals surface area contributed by atoms with Crippen LogP contribution in [0.5, 0.6) is 0 Å². The van der Waals surface area contributed by atoms with Crippen LogP contribution in [-0.4, -0.2) is 61.0 Å². The van der Waals surface area contributed by atoms with Crippen LogP contribution in [0.25, 0.3) is 0 Å². The van der Waals surface area contributed by atoms with Crippen molar-refractivity contribution >= 4 is 62.9 Å². The van der Waals surface area contributed by atoms with Crippen LogP contribution in [0.1, 0.15) is 0 Å². The predicted molar refractivity (Wildman–Crippen MR) is 25.7 cm³/mol. The molecular formula is C2H2KN2S. The van der Waals surface area contributed by atoms with Gasteiger partial charge >= 0.3 is 0 Å². The minimum absolute atomic E-state index is 0. The van der Waals surface area contributed by atoms with E-state index in [9.17, 15) is 0 Å². The van der Waals surface area contributed by atoms with Gasteiger partial charge in [0.25, 0.3) is 0 Å². The van der Waals surface area contributed by atoms with Crippen molar-refractivity contribution in [3.05, 3.63) is 11.6 Å². The quantitative estimate of drug-likeness (QED) is 0.461. The van der Waals surface area contributed by atoms with Gasteiger partial charge in [-0.1, -0.05) is 4.49 Å². The maximum atomic E-state index is 3.51. The largest absolute Gasteiger partial charge is 0.147 e. The molecule has 1 radical (unpaired) electrons. The Labute approximate surface area is 82.5 Å². The Balaban J connectivity index is 0.000000250. The van der Waals surface area contributed by atoms with E-state index in [1.54, 1.807) is 6.20 Å². The first kappa shape index (κ1) is 7.20. The summed E-state index contributed by atoms with van der Waals surface area (Å²) in [6, 6.07) is 0. The molecule has 0 aromatic carbocycles. The van der Waals surface area contributed by atoms with Crippen molar-refractivity contribution in [2.24, 2.45) is 0 Å². The van der Waals surface area contributed by atoms with Gasteiger partial charge in [0.05, 0.1) is 6.20 Å². The van der Waals surface area contributed by atoms with E-state index >= 15 is 0 Å². The topological polar surface area (TPSA) is 25.8 Å². The second kappa shape index (κ2) is 4.36. The summed E-state index contributed by atoms with van der Waals surface area (Å²) in [6.45, 7) is 0. The van der Waals surface area contributed by atoms with Crippen LogP contribution in [0.2, 0.25) is 0 Å². The second-order valence-electron chi connectivity index (χ2n) is 0.588. The molecule has 0 N–H and O–H groups in total. The zero-order valence-corrected chi connectivity index (χ0v) is 7.40. The third-order valence-electron chi connectivity index (χ3n) is 0.283. The fraction of sp³-hybridized carbons (Fsp3) is 0. The van der Waals surface area contributed by atoms with Crippen LogP contribution < -0.4 is 0 Å². The molecule has 0 fully saturated rings. The number of hydrogen-bond donors (Lipinski definition) is 0. The Bertz CT molecular complexity index is 68.0. The van der Waals surface area contributed by atoms with E-state index in [1.807, 2.05) is 5.38 Å². The van der Waals surface area contributed by atoms with Crippen LogP contribution in [0.4, 0.5) is 0 Å². The predicted octanol–water partition coefficient (Wildman–Crippen LogP) is 0.157. The number of hydrogen-bond acceptors (Lipinski definition) is 3. The van der Waals surface area contributed by atoms with Gasteiger partial charge in [0.1, 0.15) is 0 Å². The van der Waals surface area contributed by atoms with Crippen molar-refractivity contribution in [3.63, 3.8) is 0 Å². The standard InChI is InChI=1S/C2H2N2S.K/c1-2-5-4-3-1;/h1-2H;. The molecule has 1 rings (SSSR count). The Morgan fingerprint density at radius 3 is 2.50 bits per heavy atom. The summed E-state index contributed by atoms with van der Waals surface area (Å²) in [6.07, 6.45) is 1.66. The molecule has 0 saturated carbocycles. The van der Waals surface area contributed by atoms with Gasteiger partial charge in [0.15, 0.2) is 0 Å². The summed E-state index contributed by atoms with van der Waals surface area (Å²) in [7, 11) is 0. The normalized spacial score (nSPS) is 6.67. The fourth-order valence-electron chi connectivity index (χ4n) is 0.136. The van der Waals surface area contributed by atoms with Crippen LogP contribution in [0.3, 0.4) is 0 Å². The van der Waals surface area contributed by atoms with Gasteiger partial charge in [-0.3, -0.25) is 0 Å². The van der Waals surface area contributed by atoms with Crippen LogP contribution in [0, 0.1) is 0 Å². The molecule has 1 aromatic rings. The minimum atomic E-state index is 0. The maximum Gasteiger partial charge on any atom is 0.0620 e. The number of nitrogens with zero attached hydrogens (tertiary/aromatic N) is 2. The first-order chi connectivity index (χ1) is 2.50. The number of rotatable bonds is 0. The summed E-state index contributed by atoms with van der Waals surface area (Å²) in [5.41, 5.74) is 0. The Kier molecular flexibility index (Phi) is 5.23. The van der Waals surface area contributed by atoms with E-state index < -0.39 is 0 Å². The van der Waals surface area contributed by atoms with E-state index in [-0.39, 0.29) is 51.4 Å².